The Hall–Kier alpha value is -2.88. The van der Waals surface area contributed by atoms with E-state index in [0.717, 1.165) is 11.4 Å². The predicted molar refractivity (Wildman–Crippen MR) is 94.9 cm³/mol. The first-order valence-electron chi connectivity index (χ1n) is 7.87. The Morgan fingerprint density at radius 3 is 2.29 bits per heavy atom. The van der Waals surface area contributed by atoms with Gasteiger partial charge in [0, 0.05) is 35.5 Å². The van der Waals surface area contributed by atoms with Crippen LogP contribution in [0.5, 0.6) is 0 Å². The molecule has 0 bridgehead atoms. The van der Waals surface area contributed by atoms with E-state index in [2.05, 4.69) is 25.2 Å². The van der Waals surface area contributed by atoms with Gasteiger partial charge in [-0.1, -0.05) is 50.2 Å². The van der Waals surface area contributed by atoms with Gasteiger partial charge in [0.05, 0.1) is 0 Å². The second kappa shape index (κ2) is 5.96. The van der Waals surface area contributed by atoms with Crippen LogP contribution in [0.15, 0.2) is 66.4 Å². The summed E-state index contributed by atoms with van der Waals surface area (Å²) in [6, 6.07) is 16.8. The average Bonchev–Trinajstić information content (AvgIpc) is 2.77. The number of carbonyl (C=O) groups excluding carboxylic acids is 2. The molecular formula is C20H20N2O2. The molecule has 0 saturated heterocycles. The summed E-state index contributed by atoms with van der Waals surface area (Å²) in [5, 5.41) is 2.43. The summed E-state index contributed by atoms with van der Waals surface area (Å²) in [7, 11) is 1.94. The van der Waals surface area contributed by atoms with Crippen LogP contribution in [0.25, 0.3) is 0 Å². The van der Waals surface area contributed by atoms with Gasteiger partial charge in [-0.05, 0) is 23.8 Å². The predicted octanol–water partition coefficient (Wildman–Crippen LogP) is 3.25. The van der Waals surface area contributed by atoms with E-state index in [0.29, 0.717) is 5.56 Å². The van der Waals surface area contributed by atoms with Crippen molar-refractivity contribution in [1.82, 2.24) is 5.32 Å². The van der Waals surface area contributed by atoms with Crippen LogP contribution in [0.3, 0.4) is 0 Å². The molecule has 1 aliphatic rings. The van der Waals surface area contributed by atoms with E-state index in [4.69, 9.17) is 0 Å². The molecule has 24 heavy (non-hydrogen) atoms. The van der Waals surface area contributed by atoms with Gasteiger partial charge in [-0.3, -0.25) is 14.9 Å². The van der Waals surface area contributed by atoms with E-state index in [9.17, 15) is 9.59 Å². The summed E-state index contributed by atoms with van der Waals surface area (Å²) in [6.45, 7) is 4.15. The lowest BCUT2D eigenvalue weighted by Crippen LogP contribution is -2.32. The summed E-state index contributed by atoms with van der Waals surface area (Å²) >= 11 is 0. The van der Waals surface area contributed by atoms with E-state index in [-0.39, 0.29) is 5.41 Å². The molecule has 0 unspecified atom stereocenters. The number of hydrogen-bond acceptors (Lipinski definition) is 3. The molecule has 1 N–H and O–H groups in total. The van der Waals surface area contributed by atoms with Crippen LogP contribution in [-0.4, -0.2) is 18.9 Å². The van der Waals surface area contributed by atoms with Crippen molar-refractivity contribution < 1.29 is 9.59 Å². The fourth-order valence-electron chi connectivity index (χ4n) is 3.19. The van der Waals surface area contributed by atoms with Crippen molar-refractivity contribution in [3.05, 3.63) is 77.5 Å². The molecule has 122 valence electrons. The highest BCUT2D eigenvalue weighted by Gasteiger charge is 2.38. The first-order chi connectivity index (χ1) is 11.4. The molecule has 4 heteroatoms. The van der Waals surface area contributed by atoms with Gasteiger partial charge < -0.3 is 4.90 Å². The molecule has 0 saturated carbocycles. The van der Waals surface area contributed by atoms with E-state index in [1.54, 1.807) is 24.3 Å². The molecule has 0 atom stereocenters. The fourth-order valence-corrected chi connectivity index (χ4v) is 3.19. The first kappa shape index (κ1) is 16.0. The SMILES string of the molecule is CN1/C(=C\C(=O)NC(=O)c2ccccc2)C(C)(C)c2ccccc21. The summed E-state index contributed by atoms with van der Waals surface area (Å²) in [6.07, 6.45) is 1.51. The highest BCUT2D eigenvalue weighted by molar-refractivity contribution is 6.08. The third-order valence-electron chi connectivity index (χ3n) is 4.48. The van der Waals surface area contributed by atoms with E-state index < -0.39 is 11.8 Å². The highest BCUT2D eigenvalue weighted by atomic mass is 16.2. The molecule has 3 rings (SSSR count). The van der Waals surface area contributed by atoms with Crippen molar-refractivity contribution in [2.45, 2.75) is 19.3 Å². The van der Waals surface area contributed by atoms with E-state index in [1.807, 2.05) is 36.2 Å². The smallest absolute Gasteiger partial charge is 0.258 e. The number of rotatable bonds is 2. The van der Waals surface area contributed by atoms with Gasteiger partial charge in [-0.25, -0.2) is 0 Å². The van der Waals surface area contributed by atoms with Crippen molar-refractivity contribution in [2.24, 2.45) is 0 Å². The largest absolute Gasteiger partial charge is 0.347 e. The Morgan fingerprint density at radius 1 is 1.00 bits per heavy atom. The van der Waals surface area contributed by atoms with Gasteiger partial charge in [0.2, 0.25) is 0 Å². The number of nitrogens with zero attached hydrogens (tertiary/aromatic N) is 1. The number of anilines is 1. The minimum Gasteiger partial charge on any atom is -0.347 e. The van der Waals surface area contributed by atoms with Crippen LogP contribution >= 0.6 is 0 Å². The fraction of sp³-hybridized carbons (Fsp3) is 0.200. The molecule has 0 fully saturated rings. The molecule has 4 nitrogen and oxygen atoms in total. The zero-order valence-electron chi connectivity index (χ0n) is 14.0. The standard InChI is InChI=1S/C20H20N2O2/c1-20(2)15-11-7-8-12-16(15)22(3)17(20)13-18(23)21-19(24)14-9-5-4-6-10-14/h4-13H,1-3H3,(H,21,23,24)/b17-13-. The first-order valence-corrected chi connectivity index (χ1v) is 7.87. The minimum absolute atomic E-state index is 0.293. The van der Waals surface area contributed by atoms with E-state index >= 15 is 0 Å². The zero-order chi connectivity index (χ0) is 17.3. The summed E-state index contributed by atoms with van der Waals surface area (Å²) in [4.78, 5) is 26.4. The monoisotopic (exact) mass is 320 g/mol. The number of benzene rings is 2. The van der Waals surface area contributed by atoms with Crippen molar-refractivity contribution in [3.63, 3.8) is 0 Å². The maximum Gasteiger partial charge on any atom is 0.258 e. The summed E-state index contributed by atoms with van der Waals surface area (Å²) in [5.74, 6) is -0.806. The highest BCUT2D eigenvalue weighted by Crippen LogP contribution is 2.46. The minimum atomic E-state index is -0.411. The molecule has 2 aromatic carbocycles. The lowest BCUT2D eigenvalue weighted by Gasteiger charge is -2.23. The molecule has 2 amide bonds. The number of imide groups is 1. The van der Waals surface area contributed by atoms with E-state index in [1.165, 1.54) is 11.6 Å². The van der Waals surface area contributed by atoms with Crippen molar-refractivity contribution >= 4 is 17.5 Å². The number of nitrogens with one attached hydrogen (secondary N) is 1. The number of carbonyl (C=O) groups is 2. The van der Waals surface area contributed by atoms with Gasteiger partial charge in [-0.2, -0.15) is 0 Å². The third-order valence-corrected chi connectivity index (χ3v) is 4.48. The maximum atomic E-state index is 12.3. The number of para-hydroxylation sites is 1. The van der Waals surface area contributed by atoms with Crippen LogP contribution in [0, 0.1) is 0 Å². The van der Waals surface area contributed by atoms with Crippen molar-refractivity contribution in [1.29, 1.82) is 0 Å². The molecule has 0 radical (unpaired) electrons. The van der Waals surface area contributed by atoms with Crippen LogP contribution in [0.2, 0.25) is 0 Å². The molecular weight excluding hydrogens is 300 g/mol. The Balaban J connectivity index is 1.84. The van der Waals surface area contributed by atoms with Crippen LogP contribution in [0.4, 0.5) is 5.69 Å². The summed E-state index contributed by atoms with van der Waals surface area (Å²) in [5.41, 5.74) is 3.28. The molecule has 1 heterocycles. The normalized spacial score (nSPS) is 16.8. The topological polar surface area (TPSA) is 49.4 Å². The van der Waals surface area contributed by atoms with Crippen LogP contribution in [-0.2, 0) is 10.2 Å². The Kier molecular flexibility index (Phi) is 3.97. The molecule has 0 spiro atoms. The maximum absolute atomic E-state index is 12.3. The number of amides is 2. The lowest BCUT2D eigenvalue weighted by molar-refractivity contribution is -0.115. The number of likely N-dealkylation sites (N-methyl/N-ethyl adjacent to an activating group) is 1. The van der Waals surface area contributed by atoms with Crippen LogP contribution in [0.1, 0.15) is 29.8 Å². The van der Waals surface area contributed by atoms with Gasteiger partial charge in [0.1, 0.15) is 0 Å². The molecule has 0 aromatic heterocycles. The molecule has 0 aliphatic carbocycles. The van der Waals surface area contributed by atoms with Crippen LogP contribution < -0.4 is 10.2 Å². The number of hydrogen-bond donors (Lipinski definition) is 1. The van der Waals surface area contributed by atoms with Crippen molar-refractivity contribution in [2.75, 3.05) is 11.9 Å². The average molecular weight is 320 g/mol. The second-order valence-corrected chi connectivity index (χ2v) is 6.42. The van der Waals surface area contributed by atoms with Gasteiger partial charge >= 0.3 is 0 Å². The quantitative estimate of drug-likeness (QED) is 0.864. The summed E-state index contributed by atoms with van der Waals surface area (Å²) < 4.78 is 0. The zero-order valence-corrected chi connectivity index (χ0v) is 14.0. The third kappa shape index (κ3) is 2.71. The van der Waals surface area contributed by atoms with Gasteiger partial charge in [-0.15, -0.1) is 0 Å². The van der Waals surface area contributed by atoms with Crippen molar-refractivity contribution in [3.8, 4) is 0 Å². The number of allylic oxidation sites excluding steroid dienone is 1. The molecule has 2 aromatic rings. The Labute approximate surface area is 141 Å². The lowest BCUT2D eigenvalue weighted by atomic mass is 9.84. The Morgan fingerprint density at radius 2 is 1.62 bits per heavy atom. The number of fused-ring (bicyclic) bond motifs is 1. The molecule has 1 aliphatic heterocycles. The Bertz CT molecular complexity index is 823. The van der Waals surface area contributed by atoms with Gasteiger partial charge in [0.25, 0.3) is 11.8 Å². The van der Waals surface area contributed by atoms with Gasteiger partial charge in [0.15, 0.2) is 0 Å². The second-order valence-electron chi connectivity index (χ2n) is 6.42.